The van der Waals surface area contributed by atoms with Crippen LogP contribution in [0.15, 0.2) is 6.20 Å². The van der Waals surface area contributed by atoms with Crippen LogP contribution in [0.25, 0.3) is 0 Å². The van der Waals surface area contributed by atoms with Crippen LogP contribution in [0.5, 0.6) is 0 Å². The maximum Gasteiger partial charge on any atom is 0.115 e. The zero-order valence-corrected chi connectivity index (χ0v) is 14.3. The van der Waals surface area contributed by atoms with Gasteiger partial charge in [0, 0.05) is 37.3 Å². The molecule has 5 nitrogen and oxygen atoms in total. The number of nitrogens with one attached hydrogen (secondary N) is 1. The smallest absolute Gasteiger partial charge is 0.115 e. The van der Waals surface area contributed by atoms with E-state index in [4.69, 9.17) is 9.72 Å². The van der Waals surface area contributed by atoms with Gasteiger partial charge in [-0.2, -0.15) is 5.10 Å². The molecule has 0 amide bonds. The monoisotopic (exact) mass is 308 g/mol. The van der Waals surface area contributed by atoms with Gasteiger partial charge in [0.15, 0.2) is 0 Å². The SMILES string of the molecule is CCc1nn(C)cc1C(NCCOC)c1nc(C)c(C)s1. The van der Waals surface area contributed by atoms with Crippen LogP contribution in [0, 0.1) is 13.8 Å². The molecule has 0 aromatic carbocycles. The molecule has 0 aliphatic carbocycles. The molecule has 0 aliphatic heterocycles. The largest absolute Gasteiger partial charge is 0.383 e. The van der Waals surface area contributed by atoms with E-state index in [-0.39, 0.29) is 6.04 Å². The highest BCUT2D eigenvalue weighted by molar-refractivity contribution is 7.11. The van der Waals surface area contributed by atoms with E-state index in [9.17, 15) is 0 Å². The molecule has 0 saturated carbocycles. The van der Waals surface area contributed by atoms with Crippen LogP contribution in [0.2, 0.25) is 0 Å². The van der Waals surface area contributed by atoms with Crippen molar-refractivity contribution in [3.05, 3.63) is 33.0 Å². The summed E-state index contributed by atoms with van der Waals surface area (Å²) >= 11 is 1.75. The Morgan fingerprint density at radius 3 is 2.76 bits per heavy atom. The maximum atomic E-state index is 5.15. The summed E-state index contributed by atoms with van der Waals surface area (Å²) in [5.74, 6) is 0. The summed E-state index contributed by atoms with van der Waals surface area (Å²) in [5, 5.41) is 9.21. The number of aryl methyl sites for hydroxylation is 4. The Labute approximate surface area is 130 Å². The second-order valence-electron chi connectivity index (χ2n) is 5.13. The summed E-state index contributed by atoms with van der Waals surface area (Å²) in [6.07, 6.45) is 3.01. The third-order valence-electron chi connectivity index (χ3n) is 3.53. The van der Waals surface area contributed by atoms with Crippen LogP contribution in [0.3, 0.4) is 0 Å². The second kappa shape index (κ2) is 7.15. The Kier molecular flexibility index (Phi) is 5.50. The summed E-state index contributed by atoms with van der Waals surface area (Å²) in [4.78, 5) is 6.00. The summed E-state index contributed by atoms with van der Waals surface area (Å²) < 4.78 is 7.04. The number of hydrogen-bond acceptors (Lipinski definition) is 5. The molecule has 2 heterocycles. The third-order valence-corrected chi connectivity index (χ3v) is 4.67. The molecule has 2 aromatic heterocycles. The zero-order valence-electron chi connectivity index (χ0n) is 13.4. The number of hydrogen-bond donors (Lipinski definition) is 1. The van der Waals surface area contributed by atoms with Gasteiger partial charge in [-0.15, -0.1) is 11.3 Å². The highest BCUT2D eigenvalue weighted by atomic mass is 32.1. The molecule has 1 atom stereocenters. The lowest BCUT2D eigenvalue weighted by Gasteiger charge is -2.16. The van der Waals surface area contributed by atoms with Crippen molar-refractivity contribution in [2.45, 2.75) is 33.2 Å². The van der Waals surface area contributed by atoms with E-state index in [1.165, 1.54) is 10.4 Å². The number of rotatable bonds is 7. The van der Waals surface area contributed by atoms with E-state index in [2.05, 4.69) is 37.4 Å². The number of ether oxygens (including phenoxy) is 1. The van der Waals surface area contributed by atoms with Crippen molar-refractivity contribution in [1.29, 1.82) is 0 Å². The molecule has 2 rings (SSSR count). The Morgan fingerprint density at radius 1 is 1.43 bits per heavy atom. The third kappa shape index (κ3) is 3.70. The van der Waals surface area contributed by atoms with Crippen molar-refractivity contribution in [3.63, 3.8) is 0 Å². The van der Waals surface area contributed by atoms with Gasteiger partial charge in [0.25, 0.3) is 0 Å². The van der Waals surface area contributed by atoms with Gasteiger partial charge in [-0.05, 0) is 20.3 Å². The van der Waals surface area contributed by atoms with Crippen LogP contribution in [-0.2, 0) is 18.2 Å². The minimum Gasteiger partial charge on any atom is -0.383 e. The molecule has 116 valence electrons. The molecule has 0 saturated heterocycles. The van der Waals surface area contributed by atoms with Crippen LogP contribution in [0.4, 0.5) is 0 Å². The first-order valence-electron chi connectivity index (χ1n) is 7.25. The summed E-state index contributed by atoms with van der Waals surface area (Å²) in [7, 11) is 3.68. The summed E-state index contributed by atoms with van der Waals surface area (Å²) in [6, 6.07) is 0.0844. The van der Waals surface area contributed by atoms with Gasteiger partial charge in [0.2, 0.25) is 0 Å². The predicted molar refractivity (Wildman–Crippen MR) is 85.9 cm³/mol. The summed E-state index contributed by atoms with van der Waals surface area (Å²) in [5.41, 5.74) is 3.44. The highest BCUT2D eigenvalue weighted by Crippen LogP contribution is 2.29. The van der Waals surface area contributed by atoms with Crippen molar-refractivity contribution in [2.75, 3.05) is 20.3 Å². The van der Waals surface area contributed by atoms with Gasteiger partial charge in [-0.3, -0.25) is 4.68 Å². The second-order valence-corrected chi connectivity index (χ2v) is 6.37. The minimum absolute atomic E-state index is 0.0844. The Balaban J connectivity index is 2.34. The fourth-order valence-corrected chi connectivity index (χ4v) is 3.34. The van der Waals surface area contributed by atoms with Crippen molar-refractivity contribution >= 4 is 11.3 Å². The fraction of sp³-hybridized carbons (Fsp3) is 0.600. The molecule has 2 aromatic rings. The Hall–Kier alpha value is -1.24. The molecular weight excluding hydrogens is 284 g/mol. The van der Waals surface area contributed by atoms with E-state index in [0.717, 1.165) is 29.4 Å². The first-order chi connectivity index (χ1) is 10.1. The lowest BCUT2D eigenvalue weighted by atomic mass is 10.1. The number of methoxy groups -OCH3 is 1. The quantitative estimate of drug-likeness (QED) is 0.798. The number of nitrogens with zero attached hydrogens (tertiary/aromatic N) is 3. The molecule has 0 spiro atoms. The molecule has 0 radical (unpaired) electrons. The summed E-state index contributed by atoms with van der Waals surface area (Å²) in [6.45, 7) is 7.78. The van der Waals surface area contributed by atoms with Gasteiger partial charge in [0.05, 0.1) is 24.0 Å². The van der Waals surface area contributed by atoms with Crippen molar-refractivity contribution in [3.8, 4) is 0 Å². The van der Waals surface area contributed by atoms with Gasteiger partial charge >= 0.3 is 0 Å². The predicted octanol–water partition coefficient (Wildman–Crippen LogP) is 2.38. The van der Waals surface area contributed by atoms with E-state index in [1.807, 2.05) is 11.7 Å². The van der Waals surface area contributed by atoms with E-state index >= 15 is 0 Å². The van der Waals surface area contributed by atoms with Gasteiger partial charge in [0.1, 0.15) is 5.01 Å². The van der Waals surface area contributed by atoms with Crippen molar-refractivity contribution < 1.29 is 4.74 Å². The number of thiazole rings is 1. The van der Waals surface area contributed by atoms with Gasteiger partial charge in [-0.1, -0.05) is 6.92 Å². The molecule has 1 unspecified atom stereocenters. The zero-order chi connectivity index (χ0) is 15.4. The average molecular weight is 308 g/mol. The molecule has 21 heavy (non-hydrogen) atoms. The van der Waals surface area contributed by atoms with Crippen molar-refractivity contribution in [2.24, 2.45) is 7.05 Å². The van der Waals surface area contributed by atoms with Crippen molar-refractivity contribution in [1.82, 2.24) is 20.1 Å². The molecule has 0 bridgehead atoms. The number of aromatic nitrogens is 3. The lowest BCUT2D eigenvalue weighted by molar-refractivity contribution is 0.197. The maximum absolute atomic E-state index is 5.15. The van der Waals surface area contributed by atoms with Gasteiger partial charge in [-0.25, -0.2) is 4.98 Å². The molecule has 6 heteroatoms. The average Bonchev–Trinajstić information content (AvgIpc) is 2.98. The first kappa shape index (κ1) is 16.1. The standard InChI is InChI=1S/C15H24N4OS/c1-6-13-12(9-19(4)18-13)14(16-7-8-20-5)15-17-10(2)11(3)21-15/h9,14,16H,6-8H2,1-5H3. The topological polar surface area (TPSA) is 52.0 Å². The molecule has 0 aliphatic rings. The fourth-order valence-electron chi connectivity index (χ4n) is 2.33. The molecular formula is C15H24N4OS. The van der Waals surface area contributed by atoms with E-state index in [1.54, 1.807) is 18.4 Å². The molecule has 1 N–H and O–H groups in total. The Morgan fingerprint density at radius 2 is 2.19 bits per heavy atom. The lowest BCUT2D eigenvalue weighted by Crippen LogP contribution is -2.26. The van der Waals surface area contributed by atoms with Crippen LogP contribution >= 0.6 is 11.3 Å². The van der Waals surface area contributed by atoms with E-state index < -0.39 is 0 Å². The van der Waals surface area contributed by atoms with Gasteiger partial charge < -0.3 is 10.1 Å². The minimum atomic E-state index is 0.0844. The normalized spacial score (nSPS) is 12.8. The van der Waals surface area contributed by atoms with Crippen LogP contribution in [0.1, 0.15) is 39.8 Å². The first-order valence-corrected chi connectivity index (χ1v) is 8.07. The Bertz CT molecular complexity index is 571. The van der Waals surface area contributed by atoms with Crippen LogP contribution < -0.4 is 5.32 Å². The molecule has 0 fully saturated rings. The highest BCUT2D eigenvalue weighted by Gasteiger charge is 2.22. The van der Waals surface area contributed by atoms with Crippen LogP contribution in [-0.4, -0.2) is 35.0 Å². The van der Waals surface area contributed by atoms with E-state index in [0.29, 0.717) is 6.61 Å².